The summed E-state index contributed by atoms with van der Waals surface area (Å²) < 4.78 is 25.1. The Morgan fingerprint density at radius 1 is 1.29 bits per heavy atom. The van der Waals surface area contributed by atoms with Gasteiger partial charge in [0.15, 0.2) is 11.6 Å². The molecule has 1 fully saturated rings. The number of hydrogen-bond acceptors (Lipinski definition) is 3. The second-order valence-electron chi connectivity index (χ2n) is 7.84. The number of ether oxygens (including phenoxy) is 2. The number of piperidine rings is 1. The van der Waals surface area contributed by atoms with Crippen molar-refractivity contribution in [3.63, 3.8) is 0 Å². The summed E-state index contributed by atoms with van der Waals surface area (Å²) >= 11 is 0. The smallest absolute Gasteiger partial charge is 0.227 e. The van der Waals surface area contributed by atoms with Crippen LogP contribution in [-0.4, -0.2) is 36.6 Å². The number of likely N-dealkylation sites (tertiary alicyclic amines) is 1. The minimum atomic E-state index is -0.346. The van der Waals surface area contributed by atoms with Crippen molar-refractivity contribution in [2.45, 2.75) is 38.7 Å². The largest absolute Gasteiger partial charge is 0.490 e. The van der Waals surface area contributed by atoms with Gasteiger partial charge in [0.1, 0.15) is 11.9 Å². The fourth-order valence-corrected chi connectivity index (χ4v) is 4.07. The second kappa shape index (κ2) is 8.21. The number of rotatable bonds is 5. The van der Waals surface area contributed by atoms with E-state index in [1.54, 1.807) is 18.2 Å². The van der Waals surface area contributed by atoms with E-state index in [0.717, 1.165) is 37.1 Å². The van der Waals surface area contributed by atoms with E-state index >= 15 is 0 Å². The van der Waals surface area contributed by atoms with Gasteiger partial charge in [-0.2, -0.15) is 0 Å². The molecule has 2 aromatic rings. The van der Waals surface area contributed by atoms with Crippen LogP contribution in [0.25, 0.3) is 0 Å². The molecule has 2 atom stereocenters. The number of fused-ring (bicyclic) bond motifs is 1. The van der Waals surface area contributed by atoms with E-state index in [0.29, 0.717) is 19.6 Å². The van der Waals surface area contributed by atoms with E-state index in [2.05, 4.69) is 13.0 Å². The third-order valence-corrected chi connectivity index (χ3v) is 5.50. The molecule has 0 saturated carbocycles. The van der Waals surface area contributed by atoms with E-state index in [-0.39, 0.29) is 29.5 Å². The lowest BCUT2D eigenvalue weighted by Gasteiger charge is -2.32. The van der Waals surface area contributed by atoms with E-state index in [1.807, 2.05) is 17.0 Å². The molecule has 148 valence electrons. The van der Waals surface area contributed by atoms with Crippen molar-refractivity contribution in [1.29, 1.82) is 0 Å². The Labute approximate surface area is 165 Å². The third kappa shape index (κ3) is 4.29. The maximum Gasteiger partial charge on any atom is 0.227 e. The number of carbonyl (C=O) groups is 1. The van der Waals surface area contributed by atoms with Gasteiger partial charge in [-0.05, 0) is 49.1 Å². The highest BCUT2D eigenvalue weighted by Crippen LogP contribution is 2.30. The van der Waals surface area contributed by atoms with Crippen molar-refractivity contribution in [3.05, 3.63) is 59.4 Å². The van der Waals surface area contributed by atoms with Crippen LogP contribution in [0.1, 0.15) is 30.9 Å². The number of hydrogen-bond donors (Lipinski definition) is 0. The first-order valence-corrected chi connectivity index (χ1v) is 10.0. The average molecular weight is 383 g/mol. The van der Waals surface area contributed by atoms with Crippen molar-refractivity contribution >= 4 is 5.91 Å². The van der Waals surface area contributed by atoms with Crippen LogP contribution < -0.4 is 9.47 Å². The molecule has 2 heterocycles. The predicted molar refractivity (Wildman–Crippen MR) is 105 cm³/mol. The van der Waals surface area contributed by atoms with Crippen molar-refractivity contribution in [1.82, 2.24) is 4.90 Å². The Morgan fingerprint density at radius 3 is 3.00 bits per heavy atom. The minimum Gasteiger partial charge on any atom is -0.490 e. The lowest BCUT2D eigenvalue weighted by atomic mass is 9.98. The fraction of sp³-hybridized carbons (Fsp3) is 0.435. The number of benzene rings is 2. The topological polar surface area (TPSA) is 38.8 Å². The maximum absolute atomic E-state index is 13.7. The Balaban J connectivity index is 1.32. The Morgan fingerprint density at radius 2 is 2.14 bits per heavy atom. The summed E-state index contributed by atoms with van der Waals surface area (Å²) in [4.78, 5) is 14.7. The molecule has 1 amide bonds. The summed E-state index contributed by atoms with van der Waals surface area (Å²) in [6.07, 6.45) is 3.45. The zero-order valence-corrected chi connectivity index (χ0v) is 16.2. The number of nitrogens with zero attached hydrogens (tertiary/aromatic N) is 1. The van der Waals surface area contributed by atoms with Crippen molar-refractivity contribution in [3.8, 4) is 11.5 Å². The van der Waals surface area contributed by atoms with Crippen LogP contribution in [0.4, 0.5) is 4.39 Å². The molecule has 0 N–H and O–H groups in total. The molecule has 0 spiro atoms. The van der Waals surface area contributed by atoms with Crippen LogP contribution >= 0.6 is 0 Å². The standard InChI is InChI=1S/C23H26FNO3/c1-16-11-19-12-17(8-9-21(19)28-16)13-23(26)25-10-4-5-18(14-25)15-27-22-7-3-2-6-20(22)24/h2-3,6-9,12,16,18H,4-5,10-11,13-15H2,1H3/t16-,18+/m1/s1. The van der Waals surface area contributed by atoms with Gasteiger partial charge in [-0.1, -0.05) is 24.3 Å². The monoisotopic (exact) mass is 383 g/mol. The lowest BCUT2D eigenvalue weighted by molar-refractivity contribution is -0.132. The number of amides is 1. The molecule has 0 radical (unpaired) electrons. The number of carbonyl (C=O) groups excluding carboxylic acids is 1. The van der Waals surface area contributed by atoms with Gasteiger partial charge in [0.05, 0.1) is 13.0 Å². The molecule has 2 aliphatic rings. The quantitative estimate of drug-likeness (QED) is 0.783. The van der Waals surface area contributed by atoms with E-state index in [9.17, 15) is 9.18 Å². The normalized spacial score (nSPS) is 21.1. The predicted octanol–water partition coefficient (Wildman–Crippen LogP) is 4.01. The molecule has 0 aliphatic carbocycles. The van der Waals surface area contributed by atoms with Crippen LogP contribution in [0.15, 0.2) is 42.5 Å². The summed E-state index contributed by atoms with van der Waals surface area (Å²) in [7, 11) is 0. The molecule has 2 aromatic carbocycles. The van der Waals surface area contributed by atoms with Crippen LogP contribution in [-0.2, 0) is 17.6 Å². The molecule has 28 heavy (non-hydrogen) atoms. The van der Waals surface area contributed by atoms with Crippen LogP contribution in [0, 0.1) is 11.7 Å². The second-order valence-corrected chi connectivity index (χ2v) is 7.84. The van der Waals surface area contributed by atoms with Gasteiger partial charge < -0.3 is 14.4 Å². The molecule has 5 heteroatoms. The van der Waals surface area contributed by atoms with Gasteiger partial charge in [-0.25, -0.2) is 4.39 Å². The molecule has 0 unspecified atom stereocenters. The van der Waals surface area contributed by atoms with Crippen LogP contribution in [0.3, 0.4) is 0 Å². The number of halogens is 1. The Hall–Kier alpha value is -2.56. The van der Waals surface area contributed by atoms with Crippen LogP contribution in [0.5, 0.6) is 11.5 Å². The van der Waals surface area contributed by atoms with Gasteiger partial charge in [0.25, 0.3) is 0 Å². The Bertz CT molecular complexity index is 853. The SMILES string of the molecule is C[C@@H]1Cc2cc(CC(=O)N3CCC[C@H](COc4ccccc4F)C3)ccc2O1. The maximum atomic E-state index is 13.7. The summed E-state index contributed by atoms with van der Waals surface area (Å²) in [5.74, 6) is 1.24. The average Bonchev–Trinajstić information content (AvgIpc) is 3.07. The van der Waals surface area contributed by atoms with Gasteiger partial charge >= 0.3 is 0 Å². The first-order valence-electron chi connectivity index (χ1n) is 10.0. The van der Waals surface area contributed by atoms with Gasteiger partial charge in [-0.15, -0.1) is 0 Å². The van der Waals surface area contributed by atoms with Gasteiger partial charge in [-0.3, -0.25) is 4.79 Å². The van der Waals surface area contributed by atoms with Crippen molar-refractivity contribution < 1.29 is 18.7 Å². The molecule has 1 saturated heterocycles. The zero-order chi connectivity index (χ0) is 19.5. The van der Waals surface area contributed by atoms with Crippen LogP contribution in [0.2, 0.25) is 0 Å². The molecule has 4 nitrogen and oxygen atoms in total. The van der Waals surface area contributed by atoms with Crippen molar-refractivity contribution in [2.75, 3.05) is 19.7 Å². The first-order chi connectivity index (χ1) is 13.6. The highest BCUT2D eigenvalue weighted by atomic mass is 19.1. The number of para-hydroxylation sites is 1. The minimum absolute atomic E-state index is 0.141. The van der Waals surface area contributed by atoms with Gasteiger partial charge in [0, 0.05) is 25.4 Å². The molecule has 4 rings (SSSR count). The fourth-order valence-electron chi connectivity index (χ4n) is 4.07. The first kappa shape index (κ1) is 18.8. The highest BCUT2D eigenvalue weighted by Gasteiger charge is 2.25. The van der Waals surface area contributed by atoms with E-state index in [1.165, 1.54) is 11.6 Å². The van der Waals surface area contributed by atoms with E-state index < -0.39 is 0 Å². The zero-order valence-electron chi connectivity index (χ0n) is 16.2. The molecule has 2 aliphatic heterocycles. The summed E-state index contributed by atoms with van der Waals surface area (Å²) in [6.45, 7) is 3.93. The van der Waals surface area contributed by atoms with Crippen molar-refractivity contribution in [2.24, 2.45) is 5.92 Å². The molecular formula is C23H26FNO3. The lowest BCUT2D eigenvalue weighted by Crippen LogP contribution is -2.42. The third-order valence-electron chi connectivity index (χ3n) is 5.50. The molecular weight excluding hydrogens is 357 g/mol. The van der Waals surface area contributed by atoms with E-state index in [4.69, 9.17) is 9.47 Å². The van der Waals surface area contributed by atoms with Gasteiger partial charge in [0.2, 0.25) is 5.91 Å². The summed E-state index contributed by atoms with van der Waals surface area (Å²) in [6, 6.07) is 12.5. The highest BCUT2D eigenvalue weighted by molar-refractivity contribution is 5.79. The summed E-state index contributed by atoms with van der Waals surface area (Å²) in [5.41, 5.74) is 2.22. The summed E-state index contributed by atoms with van der Waals surface area (Å²) in [5, 5.41) is 0. The molecule has 0 bridgehead atoms. The Kier molecular flexibility index (Phi) is 5.51. The molecule has 0 aromatic heterocycles.